The third-order valence-corrected chi connectivity index (χ3v) is 4.81. The van der Waals surface area contributed by atoms with Crippen LogP contribution in [0.3, 0.4) is 0 Å². The van der Waals surface area contributed by atoms with Crippen LogP contribution < -0.4 is 0 Å². The number of ether oxygens (including phenoxy) is 1. The number of aromatic nitrogens is 3. The van der Waals surface area contributed by atoms with Crippen LogP contribution in [0.25, 0.3) is 11.4 Å². The summed E-state index contributed by atoms with van der Waals surface area (Å²) in [7, 11) is 1.38. The Morgan fingerprint density at radius 3 is 2.73 bits per heavy atom. The molecule has 0 N–H and O–H groups in total. The molecule has 0 saturated heterocycles. The Bertz CT molecular complexity index is 906. The number of thioether (sulfide) groups is 1. The van der Waals surface area contributed by atoms with Crippen molar-refractivity contribution in [2.24, 2.45) is 0 Å². The lowest BCUT2D eigenvalue weighted by Gasteiger charge is -2.08. The van der Waals surface area contributed by atoms with Gasteiger partial charge in [-0.3, -0.25) is 4.57 Å². The van der Waals surface area contributed by atoms with Gasteiger partial charge in [0.15, 0.2) is 11.0 Å². The number of hydrogen-bond acceptors (Lipinski definition) is 5. The molecule has 0 fully saturated rings. The van der Waals surface area contributed by atoms with Crippen molar-refractivity contribution >= 4 is 17.7 Å². The Morgan fingerprint density at radius 2 is 2.00 bits per heavy atom. The zero-order valence-corrected chi connectivity index (χ0v) is 15.3. The van der Waals surface area contributed by atoms with Gasteiger partial charge in [-0.15, -0.1) is 16.8 Å². The van der Waals surface area contributed by atoms with Crippen molar-refractivity contribution in [3.63, 3.8) is 0 Å². The van der Waals surface area contributed by atoms with E-state index in [1.165, 1.54) is 7.11 Å². The van der Waals surface area contributed by atoms with E-state index in [-0.39, 0.29) is 5.97 Å². The summed E-state index contributed by atoms with van der Waals surface area (Å²) in [6.45, 7) is 4.46. The average molecular weight is 365 g/mol. The highest BCUT2D eigenvalue weighted by Gasteiger charge is 2.14. The minimum Gasteiger partial charge on any atom is -0.465 e. The number of nitrogens with zero attached hydrogens (tertiary/aromatic N) is 3. The Morgan fingerprint density at radius 1 is 1.19 bits per heavy atom. The molecule has 0 aliphatic rings. The zero-order chi connectivity index (χ0) is 18.4. The third-order valence-electron chi connectivity index (χ3n) is 3.78. The van der Waals surface area contributed by atoms with Crippen LogP contribution in [0.4, 0.5) is 0 Å². The average Bonchev–Trinajstić information content (AvgIpc) is 3.09. The van der Waals surface area contributed by atoms with Crippen molar-refractivity contribution in [1.82, 2.24) is 14.8 Å². The predicted octanol–water partition coefficient (Wildman–Crippen LogP) is 4.21. The summed E-state index contributed by atoms with van der Waals surface area (Å²) < 4.78 is 6.81. The lowest BCUT2D eigenvalue weighted by molar-refractivity contribution is 0.0600. The summed E-state index contributed by atoms with van der Waals surface area (Å²) in [5.74, 6) is 1.16. The SMILES string of the molecule is C=CCn1c(SCc2cccc(C(=O)OC)c2)nnc1-c1ccccc1. The van der Waals surface area contributed by atoms with E-state index in [1.54, 1.807) is 17.8 Å². The van der Waals surface area contributed by atoms with E-state index in [1.807, 2.05) is 59.2 Å². The van der Waals surface area contributed by atoms with Gasteiger partial charge >= 0.3 is 5.97 Å². The maximum atomic E-state index is 11.7. The lowest BCUT2D eigenvalue weighted by atomic mass is 10.1. The Kier molecular flexibility index (Phi) is 5.86. The van der Waals surface area contributed by atoms with E-state index in [4.69, 9.17) is 4.74 Å². The van der Waals surface area contributed by atoms with E-state index in [0.717, 1.165) is 22.1 Å². The van der Waals surface area contributed by atoms with Gasteiger partial charge in [0.2, 0.25) is 0 Å². The second-order valence-electron chi connectivity index (χ2n) is 5.55. The second kappa shape index (κ2) is 8.49. The lowest BCUT2D eigenvalue weighted by Crippen LogP contribution is -2.02. The molecule has 0 saturated carbocycles. The molecule has 0 spiro atoms. The monoisotopic (exact) mass is 365 g/mol. The molecule has 3 aromatic rings. The first-order valence-corrected chi connectivity index (χ1v) is 9.11. The number of esters is 1. The second-order valence-corrected chi connectivity index (χ2v) is 6.49. The smallest absolute Gasteiger partial charge is 0.337 e. The fourth-order valence-electron chi connectivity index (χ4n) is 2.54. The highest BCUT2D eigenvalue weighted by molar-refractivity contribution is 7.98. The van der Waals surface area contributed by atoms with Crippen molar-refractivity contribution in [1.29, 1.82) is 0 Å². The zero-order valence-electron chi connectivity index (χ0n) is 14.5. The molecule has 26 heavy (non-hydrogen) atoms. The fourth-order valence-corrected chi connectivity index (χ4v) is 3.43. The molecule has 1 aromatic heterocycles. The summed E-state index contributed by atoms with van der Waals surface area (Å²) in [5.41, 5.74) is 2.58. The molecule has 0 amide bonds. The maximum absolute atomic E-state index is 11.7. The summed E-state index contributed by atoms with van der Waals surface area (Å²) in [6, 6.07) is 17.4. The van der Waals surface area contributed by atoms with Gasteiger partial charge in [0.25, 0.3) is 0 Å². The number of hydrogen-bond donors (Lipinski definition) is 0. The van der Waals surface area contributed by atoms with Gasteiger partial charge in [-0.25, -0.2) is 4.79 Å². The minimum atomic E-state index is -0.335. The van der Waals surface area contributed by atoms with Gasteiger partial charge in [-0.1, -0.05) is 60.3 Å². The summed E-state index contributed by atoms with van der Waals surface area (Å²) in [5, 5.41) is 9.50. The van der Waals surface area contributed by atoms with Gasteiger partial charge in [0.1, 0.15) is 0 Å². The van der Waals surface area contributed by atoms with Crippen molar-refractivity contribution < 1.29 is 9.53 Å². The summed E-state index contributed by atoms with van der Waals surface area (Å²) in [6.07, 6.45) is 1.83. The molecule has 0 aliphatic carbocycles. The highest BCUT2D eigenvalue weighted by atomic mass is 32.2. The van der Waals surface area contributed by atoms with E-state index in [2.05, 4.69) is 16.8 Å². The molecule has 3 rings (SSSR count). The van der Waals surface area contributed by atoms with Crippen LogP contribution in [-0.2, 0) is 17.0 Å². The van der Waals surface area contributed by atoms with Gasteiger partial charge < -0.3 is 4.74 Å². The van der Waals surface area contributed by atoms with Crippen LogP contribution in [0.5, 0.6) is 0 Å². The Labute approximate surface area is 156 Å². The third kappa shape index (κ3) is 4.03. The summed E-state index contributed by atoms with van der Waals surface area (Å²) in [4.78, 5) is 11.7. The van der Waals surface area contributed by atoms with Crippen molar-refractivity contribution in [2.75, 3.05) is 7.11 Å². The minimum absolute atomic E-state index is 0.335. The van der Waals surface area contributed by atoms with Gasteiger partial charge in [-0.05, 0) is 17.7 Å². The van der Waals surface area contributed by atoms with E-state index < -0.39 is 0 Å². The maximum Gasteiger partial charge on any atom is 0.337 e. The molecule has 0 bridgehead atoms. The van der Waals surface area contributed by atoms with Crippen molar-refractivity contribution in [3.05, 3.63) is 78.4 Å². The van der Waals surface area contributed by atoms with Crippen LogP contribution in [0.15, 0.2) is 72.4 Å². The normalized spacial score (nSPS) is 10.5. The quantitative estimate of drug-likeness (QED) is 0.357. The predicted molar refractivity (Wildman–Crippen MR) is 103 cm³/mol. The van der Waals surface area contributed by atoms with Gasteiger partial charge in [0, 0.05) is 17.9 Å². The van der Waals surface area contributed by atoms with Gasteiger partial charge in [-0.2, -0.15) is 0 Å². The molecular weight excluding hydrogens is 346 g/mol. The van der Waals surface area contributed by atoms with Crippen LogP contribution >= 0.6 is 11.8 Å². The molecule has 1 heterocycles. The largest absolute Gasteiger partial charge is 0.465 e. The Balaban J connectivity index is 1.81. The summed E-state index contributed by atoms with van der Waals surface area (Å²) >= 11 is 1.57. The van der Waals surface area contributed by atoms with Crippen LogP contribution in [-0.4, -0.2) is 27.8 Å². The van der Waals surface area contributed by atoms with Crippen LogP contribution in [0, 0.1) is 0 Å². The van der Waals surface area contributed by atoms with E-state index in [0.29, 0.717) is 17.9 Å². The van der Waals surface area contributed by atoms with Crippen molar-refractivity contribution in [2.45, 2.75) is 17.5 Å². The Hall–Kier alpha value is -2.86. The first-order valence-electron chi connectivity index (χ1n) is 8.12. The van der Waals surface area contributed by atoms with E-state index in [9.17, 15) is 4.79 Å². The highest BCUT2D eigenvalue weighted by Crippen LogP contribution is 2.26. The number of methoxy groups -OCH3 is 1. The molecule has 0 aliphatic heterocycles. The topological polar surface area (TPSA) is 57.0 Å². The molecule has 0 unspecified atom stereocenters. The molecular formula is C20H19N3O2S. The first kappa shape index (κ1) is 17.9. The number of allylic oxidation sites excluding steroid dienone is 1. The molecule has 2 aromatic carbocycles. The molecule has 132 valence electrons. The van der Waals surface area contributed by atoms with Crippen molar-refractivity contribution in [3.8, 4) is 11.4 Å². The number of carbonyl (C=O) groups is 1. The number of carbonyl (C=O) groups excluding carboxylic acids is 1. The van der Waals surface area contributed by atoms with Gasteiger partial charge in [0.05, 0.1) is 12.7 Å². The van der Waals surface area contributed by atoms with Crippen LogP contribution in [0.2, 0.25) is 0 Å². The van der Waals surface area contributed by atoms with Crippen LogP contribution in [0.1, 0.15) is 15.9 Å². The number of benzene rings is 2. The standard InChI is InChI=1S/C20H19N3O2S/c1-3-12-23-18(16-9-5-4-6-10-16)21-22-20(23)26-14-15-8-7-11-17(13-15)19(24)25-2/h3-11,13H,1,12,14H2,2H3. The first-order chi connectivity index (χ1) is 12.7. The van der Waals surface area contributed by atoms with E-state index >= 15 is 0 Å². The fraction of sp³-hybridized carbons (Fsp3) is 0.150. The molecule has 6 heteroatoms. The number of rotatable bonds is 7. The molecule has 5 nitrogen and oxygen atoms in total. The molecule has 0 atom stereocenters. The molecule has 0 radical (unpaired) electrons.